The molecule has 0 spiro atoms. The topological polar surface area (TPSA) is 70.5 Å². The zero-order valence-corrected chi connectivity index (χ0v) is 19.8. The summed E-state index contributed by atoms with van der Waals surface area (Å²) in [5.41, 5.74) is 4.25. The van der Waals surface area contributed by atoms with Crippen molar-refractivity contribution in [1.29, 1.82) is 0 Å². The number of aromatic nitrogens is 2. The molecule has 0 saturated carbocycles. The van der Waals surface area contributed by atoms with E-state index in [4.69, 9.17) is 0 Å². The average Bonchev–Trinajstić information content (AvgIpc) is 3.13. The molecule has 7 nitrogen and oxygen atoms in total. The van der Waals surface area contributed by atoms with E-state index in [1.165, 1.54) is 6.07 Å². The molecule has 2 aromatic carbocycles. The fraction of sp³-hybridized carbons (Fsp3) is 0.346. The summed E-state index contributed by atoms with van der Waals surface area (Å²) in [5, 5.41) is 7.59. The monoisotopic (exact) mass is 463 g/mol. The van der Waals surface area contributed by atoms with Gasteiger partial charge in [-0.15, -0.1) is 0 Å². The summed E-state index contributed by atoms with van der Waals surface area (Å²) in [7, 11) is 0. The van der Waals surface area contributed by atoms with E-state index in [0.29, 0.717) is 50.3 Å². The lowest BCUT2D eigenvalue weighted by Crippen LogP contribution is -2.49. The Morgan fingerprint density at radius 3 is 2.38 bits per heavy atom. The van der Waals surface area contributed by atoms with E-state index in [1.807, 2.05) is 48.9 Å². The summed E-state index contributed by atoms with van der Waals surface area (Å²) in [4.78, 5) is 29.2. The highest BCUT2D eigenvalue weighted by atomic mass is 19.1. The molecule has 0 atom stereocenters. The maximum Gasteiger partial charge on any atom is 0.254 e. The van der Waals surface area contributed by atoms with Gasteiger partial charge in [-0.05, 0) is 50.6 Å². The van der Waals surface area contributed by atoms with Crippen molar-refractivity contribution in [3.05, 3.63) is 76.9 Å². The number of piperazine rings is 1. The third-order valence-electron chi connectivity index (χ3n) is 6.29. The van der Waals surface area contributed by atoms with Crippen molar-refractivity contribution in [3.63, 3.8) is 0 Å². The number of anilines is 1. The van der Waals surface area contributed by atoms with Gasteiger partial charge in [0.25, 0.3) is 5.91 Å². The summed E-state index contributed by atoms with van der Waals surface area (Å²) in [5.74, 6) is -0.583. The van der Waals surface area contributed by atoms with Gasteiger partial charge >= 0.3 is 0 Å². The highest BCUT2D eigenvalue weighted by molar-refractivity contribution is 5.94. The summed E-state index contributed by atoms with van der Waals surface area (Å²) in [6.07, 6.45) is 0.354. The molecular formula is C26H30FN5O2. The Morgan fingerprint density at radius 2 is 1.71 bits per heavy atom. The first-order valence-electron chi connectivity index (χ1n) is 11.5. The molecule has 4 rings (SSSR count). The molecule has 0 unspecified atom stereocenters. The lowest BCUT2D eigenvalue weighted by Gasteiger charge is -2.34. The van der Waals surface area contributed by atoms with Gasteiger partial charge in [0.15, 0.2) is 0 Å². The molecule has 2 heterocycles. The fourth-order valence-corrected chi connectivity index (χ4v) is 4.19. The first-order chi connectivity index (χ1) is 16.3. The third-order valence-corrected chi connectivity index (χ3v) is 6.29. The van der Waals surface area contributed by atoms with Gasteiger partial charge in [-0.1, -0.05) is 24.3 Å². The molecular weight excluding hydrogens is 433 g/mol. The van der Waals surface area contributed by atoms with Crippen molar-refractivity contribution in [1.82, 2.24) is 19.6 Å². The van der Waals surface area contributed by atoms with Gasteiger partial charge in [0.05, 0.1) is 22.8 Å². The number of carbonyl (C=O) groups is 2. The van der Waals surface area contributed by atoms with E-state index < -0.39 is 0 Å². The minimum Gasteiger partial charge on any atom is -0.336 e. The normalized spacial score (nSPS) is 14.3. The number of aryl methyl sites for hydroxylation is 2. The van der Waals surface area contributed by atoms with Crippen molar-refractivity contribution in [2.75, 3.05) is 38.0 Å². The number of carbonyl (C=O) groups excluding carboxylic acids is 2. The molecule has 34 heavy (non-hydrogen) atoms. The maximum atomic E-state index is 13.8. The zero-order chi connectivity index (χ0) is 24.2. The van der Waals surface area contributed by atoms with Crippen LogP contribution in [0.5, 0.6) is 0 Å². The maximum absolute atomic E-state index is 13.8. The third kappa shape index (κ3) is 5.17. The second-order valence-electron chi connectivity index (χ2n) is 8.69. The second kappa shape index (κ2) is 10.2. The SMILES string of the molecule is Cc1ccc(C(=O)N2CCN(CCC(=O)Nc3c(C)nn(-c4ccccc4)c3C)CC2)cc1F. The molecule has 178 valence electrons. The van der Waals surface area contributed by atoms with Gasteiger partial charge in [-0.2, -0.15) is 5.10 Å². The smallest absolute Gasteiger partial charge is 0.254 e. The van der Waals surface area contributed by atoms with E-state index in [-0.39, 0.29) is 17.6 Å². The van der Waals surface area contributed by atoms with Crippen LogP contribution >= 0.6 is 0 Å². The van der Waals surface area contributed by atoms with Gasteiger partial charge in [0.1, 0.15) is 5.82 Å². The number of amides is 2. The van der Waals surface area contributed by atoms with Crippen LogP contribution in [0, 0.1) is 26.6 Å². The highest BCUT2D eigenvalue weighted by Crippen LogP contribution is 2.23. The number of rotatable bonds is 6. The van der Waals surface area contributed by atoms with Crippen molar-refractivity contribution in [2.24, 2.45) is 0 Å². The number of hydrogen-bond acceptors (Lipinski definition) is 4. The van der Waals surface area contributed by atoms with Crippen LogP contribution < -0.4 is 5.32 Å². The molecule has 1 saturated heterocycles. The molecule has 3 aromatic rings. The van der Waals surface area contributed by atoms with Crippen LogP contribution in [0.25, 0.3) is 5.69 Å². The second-order valence-corrected chi connectivity index (χ2v) is 8.69. The minimum atomic E-state index is -0.365. The Kier molecular flexibility index (Phi) is 7.07. The molecule has 2 amide bonds. The van der Waals surface area contributed by atoms with Crippen LogP contribution in [0.4, 0.5) is 10.1 Å². The summed E-state index contributed by atoms with van der Waals surface area (Å²) < 4.78 is 15.7. The van der Waals surface area contributed by atoms with Crippen LogP contribution in [0.1, 0.15) is 33.7 Å². The van der Waals surface area contributed by atoms with Gasteiger partial charge in [0.2, 0.25) is 5.91 Å². The predicted molar refractivity (Wildman–Crippen MR) is 130 cm³/mol. The first kappa shape index (κ1) is 23.6. The Morgan fingerprint density at radius 1 is 1.00 bits per heavy atom. The van der Waals surface area contributed by atoms with Gasteiger partial charge in [-0.25, -0.2) is 9.07 Å². The van der Waals surface area contributed by atoms with Crippen molar-refractivity contribution in [3.8, 4) is 5.69 Å². The minimum absolute atomic E-state index is 0.0625. The van der Waals surface area contributed by atoms with Gasteiger partial charge < -0.3 is 10.2 Å². The Balaban J connectivity index is 1.27. The quantitative estimate of drug-likeness (QED) is 0.605. The zero-order valence-electron chi connectivity index (χ0n) is 19.8. The average molecular weight is 464 g/mol. The predicted octanol–water partition coefficient (Wildman–Crippen LogP) is 3.72. The number of hydrogen-bond donors (Lipinski definition) is 1. The largest absolute Gasteiger partial charge is 0.336 e. The first-order valence-corrected chi connectivity index (χ1v) is 11.5. The Labute approximate surface area is 199 Å². The number of para-hydroxylation sites is 1. The molecule has 1 N–H and O–H groups in total. The van der Waals surface area contributed by atoms with E-state index in [1.54, 1.807) is 24.0 Å². The molecule has 1 aromatic heterocycles. The highest BCUT2D eigenvalue weighted by Gasteiger charge is 2.23. The van der Waals surface area contributed by atoms with Crippen LogP contribution in [0.2, 0.25) is 0 Å². The molecule has 0 bridgehead atoms. The standard InChI is InChI=1S/C26H30FN5O2/c1-18-9-10-21(17-23(18)27)26(34)31-15-13-30(14-16-31)12-11-24(33)28-25-19(2)29-32(20(25)3)22-7-5-4-6-8-22/h4-10,17H,11-16H2,1-3H3,(H,28,33). The Hall–Kier alpha value is -3.52. The summed E-state index contributed by atoms with van der Waals surface area (Å²) in [6, 6.07) is 14.4. The molecule has 1 fully saturated rings. The number of nitrogens with zero attached hydrogens (tertiary/aromatic N) is 4. The Bertz CT molecular complexity index is 1180. The lowest BCUT2D eigenvalue weighted by atomic mass is 10.1. The van der Waals surface area contributed by atoms with Crippen LogP contribution in [0.15, 0.2) is 48.5 Å². The fourth-order valence-electron chi connectivity index (χ4n) is 4.19. The van der Waals surface area contributed by atoms with E-state index in [9.17, 15) is 14.0 Å². The molecule has 0 aliphatic carbocycles. The van der Waals surface area contributed by atoms with Crippen LogP contribution in [0.3, 0.4) is 0 Å². The molecule has 0 radical (unpaired) electrons. The van der Waals surface area contributed by atoms with E-state index >= 15 is 0 Å². The molecule has 8 heteroatoms. The van der Waals surface area contributed by atoms with Crippen LogP contribution in [-0.4, -0.2) is 64.1 Å². The number of benzene rings is 2. The number of halogens is 1. The van der Waals surface area contributed by atoms with Crippen LogP contribution in [-0.2, 0) is 4.79 Å². The van der Waals surface area contributed by atoms with Crippen molar-refractivity contribution >= 4 is 17.5 Å². The van der Waals surface area contributed by atoms with E-state index in [0.717, 1.165) is 22.8 Å². The van der Waals surface area contributed by atoms with Gasteiger partial charge in [0, 0.05) is 44.7 Å². The molecule has 1 aliphatic rings. The van der Waals surface area contributed by atoms with Crippen molar-refractivity contribution < 1.29 is 14.0 Å². The summed E-state index contributed by atoms with van der Waals surface area (Å²) >= 11 is 0. The number of nitrogens with one attached hydrogen (secondary N) is 1. The molecule has 1 aliphatic heterocycles. The van der Waals surface area contributed by atoms with E-state index in [2.05, 4.69) is 15.3 Å². The van der Waals surface area contributed by atoms with Gasteiger partial charge in [-0.3, -0.25) is 14.5 Å². The summed E-state index contributed by atoms with van der Waals surface area (Å²) in [6.45, 7) is 8.58. The lowest BCUT2D eigenvalue weighted by molar-refractivity contribution is -0.116. The van der Waals surface area contributed by atoms with Crippen molar-refractivity contribution in [2.45, 2.75) is 27.2 Å².